The van der Waals surface area contributed by atoms with Gasteiger partial charge in [0.15, 0.2) is 0 Å². The first-order chi connectivity index (χ1) is 14.3. The average Bonchev–Trinajstić information content (AvgIpc) is 3.08. The van der Waals surface area contributed by atoms with Gasteiger partial charge in [-0.1, -0.05) is 18.2 Å². The highest BCUT2D eigenvalue weighted by atomic mass is 19.1. The lowest BCUT2D eigenvalue weighted by atomic mass is 9.70. The van der Waals surface area contributed by atoms with Crippen LogP contribution in [0.1, 0.15) is 39.9 Å². The number of carbonyl (C=O) groups is 3. The van der Waals surface area contributed by atoms with Crippen molar-refractivity contribution in [1.29, 1.82) is 5.26 Å². The summed E-state index contributed by atoms with van der Waals surface area (Å²) >= 11 is 0. The Kier molecular flexibility index (Phi) is 4.78. The van der Waals surface area contributed by atoms with Crippen LogP contribution in [0.4, 0.5) is 10.1 Å². The minimum absolute atomic E-state index is 0.0280. The van der Waals surface area contributed by atoms with Crippen molar-refractivity contribution in [3.63, 3.8) is 0 Å². The maximum Gasteiger partial charge on any atom is 0.254 e. The van der Waals surface area contributed by atoms with E-state index in [1.807, 2.05) is 6.07 Å². The predicted molar refractivity (Wildman–Crippen MR) is 108 cm³/mol. The quantitative estimate of drug-likeness (QED) is 0.586. The Hall–Kier alpha value is -3.67. The molecule has 0 saturated carbocycles. The third-order valence-corrected chi connectivity index (χ3v) is 5.81. The van der Waals surface area contributed by atoms with Crippen LogP contribution < -0.4 is 10.6 Å². The number of hydrogen-bond donors (Lipinski definition) is 2. The molecular formula is C21H18BFN4O3. The second-order valence-electron chi connectivity index (χ2n) is 7.62. The van der Waals surface area contributed by atoms with Gasteiger partial charge < -0.3 is 10.2 Å². The van der Waals surface area contributed by atoms with Crippen LogP contribution >= 0.6 is 0 Å². The Morgan fingerprint density at radius 2 is 2.00 bits per heavy atom. The molecule has 2 heterocycles. The lowest BCUT2D eigenvalue weighted by Gasteiger charge is -2.40. The number of halogens is 1. The van der Waals surface area contributed by atoms with Crippen LogP contribution in [0, 0.1) is 17.1 Å². The molecule has 0 bridgehead atoms. The third-order valence-electron chi connectivity index (χ3n) is 5.81. The Balaban J connectivity index is 1.59. The molecule has 1 unspecified atom stereocenters. The topological polar surface area (TPSA) is 102 Å². The van der Waals surface area contributed by atoms with Crippen molar-refractivity contribution in [1.82, 2.24) is 10.2 Å². The Morgan fingerprint density at radius 1 is 1.23 bits per heavy atom. The molecular weight excluding hydrogens is 386 g/mol. The molecule has 9 heteroatoms. The lowest BCUT2D eigenvalue weighted by molar-refractivity contribution is -0.138. The normalized spacial score (nSPS) is 20.5. The minimum Gasteiger partial charge on any atom is -0.381 e. The third kappa shape index (κ3) is 3.10. The molecule has 1 atom stereocenters. The first kappa shape index (κ1) is 19.6. The van der Waals surface area contributed by atoms with E-state index in [4.69, 9.17) is 5.26 Å². The molecule has 30 heavy (non-hydrogen) atoms. The number of benzene rings is 2. The molecule has 0 aliphatic carbocycles. The highest BCUT2D eigenvalue weighted by molar-refractivity contribution is 6.32. The van der Waals surface area contributed by atoms with E-state index in [1.54, 1.807) is 38.2 Å². The van der Waals surface area contributed by atoms with Gasteiger partial charge in [-0.25, -0.2) is 4.39 Å². The summed E-state index contributed by atoms with van der Waals surface area (Å²) < 4.78 is 14.3. The van der Waals surface area contributed by atoms with E-state index in [9.17, 15) is 18.8 Å². The van der Waals surface area contributed by atoms with Crippen molar-refractivity contribution in [3.05, 3.63) is 64.5 Å². The molecule has 2 N–H and O–H groups in total. The summed E-state index contributed by atoms with van der Waals surface area (Å²) in [5, 5.41) is 14.5. The second-order valence-corrected chi connectivity index (χ2v) is 7.62. The van der Waals surface area contributed by atoms with Gasteiger partial charge in [-0.3, -0.25) is 19.7 Å². The number of imide groups is 1. The summed E-state index contributed by atoms with van der Waals surface area (Å²) in [6.07, 6.45) is 0.425. The molecule has 150 valence electrons. The Labute approximate surface area is 173 Å². The number of anilines is 1. The Morgan fingerprint density at radius 3 is 2.73 bits per heavy atom. The van der Waals surface area contributed by atoms with E-state index in [1.165, 1.54) is 11.0 Å². The van der Waals surface area contributed by atoms with E-state index < -0.39 is 17.2 Å². The molecule has 0 radical (unpaired) electrons. The monoisotopic (exact) mass is 404 g/mol. The van der Waals surface area contributed by atoms with Gasteiger partial charge in [0.25, 0.3) is 5.91 Å². The average molecular weight is 404 g/mol. The molecule has 0 aromatic heterocycles. The van der Waals surface area contributed by atoms with Crippen LogP contribution in [-0.2, 0) is 22.7 Å². The van der Waals surface area contributed by atoms with Crippen LogP contribution in [-0.4, -0.2) is 35.9 Å². The molecule has 1 fully saturated rings. The van der Waals surface area contributed by atoms with Gasteiger partial charge in [-0.05, 0) is 24.6 Å². The number of nitriles is 1. The van der Waals surface area contributed by atoms with Gasteiger partial charge >= 0.3 is 0 Å². The van der Waals surface area contributed by atoms with Crippen LogP contribution in [0.5, 0.6) is 0 Å². The van der Waals surface area contributed by atoms with Crippen LogP contribution in [0.15, 0.2) is 36.4 Å². The number of hydrogen-bond acceptors (Lipinski definition) is 5. The van der Waals surface area contributed by atoms with Crippen LogP contribution in [0.3, 0.4) is 0 Å². The molecule has 2 aliphatic rings. The van der Waals surface area contributed by atoms with Crippen LogP contribution in [0.2, 0.25) is 0 Å². The van der Waals surface area contributed by atoms with Crippen LogP contribution in [0.25, 0.3) is 0 Å². The summed E-state index contributed by atoms with van der Waals surface area (Å²) in [4.78, 5) is 38.5. The molecule has 2 aromatic carbocycles. The highest BCUT2D eigenvalue weighted by Gasteiger charge is 2.48. The van der Waals surface area contributed by atoms with E-state index in [0.717, 1.165) is 0 Å². The molecule has 2 aromatic rings. The van der Waals surface area contributed by atoms with E-state index in [2.05, 4.69) is 10.6 Å². The zero-order chi connectivity index (χ0) is 21.5. The maximum absolute atomic E-state index is 14.3. The predicted octanol–water partition coefficient (Wildman–Crippen LogP) is 1.03. The molecule has 3 amide bonds. The zero-order valence-corrected chi connectivity index (χ0v) is 16.3. The van der Waals surface area contributed by atoms with Crippen molar-refractivity contribution in [3.8, 4) is 6.07 Å². The molecule has 2 aliphatic heterocycles. The first-order valence-electron chi connectivity index (χ1n) is 9.54. The fourth-order valence-corrected chi connectivity index (χ4v) is 3.94. The fraction of sp³-hybridized carbons (Fsp3) is 0.238. The highest BCUT2D eigenvalue weighted by Crippen LogP contribution is 2.36. The van der Waals surface area contributed by atoms with Crippen molar-refractivity contribution < 1.29 is 18.8 Å². The van der Waals surface area contributed by atoms with Gasteiger partial charge in [0, 0.05) is 41.9 Å². The largest absolute Gasteiger partial charge is 0.381 e. The molecule has 0 spiro atoms. The number of nitrogens with zero attached hydrogens (tertiary/aromatic N) is 2. The number of nitrogens with one attached hydrogen (secondary N) is 2. The van der Waals surface area contributed by atoms with Crippen molar-refractivity contribution in [2.75, 3.05) is 5.32 Å². The summed E-state index contributed by atoms with van der Waals surface area (Å²) in [5.74, 6) is -1.68. The molecule has 1 saturated heterocycles. The second kappa shape index (κ2) is 7.30. The van der Waals surface area contributed by atoms with Crippen molar-refractivity contribution >= 4 is 31.3 Å². The smallest absolute Gasteiger partial charge is 0.254 e. The summed E-state index contributed by atoms with van der Waals surface area (Å²) in [7, 11) is 1.66. The fourth-order valence-electron chi connectivity index (χ4n) is 3.94. The van der Waals surface area contributed by atoms with Gasteiger partial charge in [0.2, 0.25) is 11.8 Å². The number of rotatable bonds is 4. The van der Waals surface area contributed by atoms with E-state index in [0.29, 0.717) is 22.4 Å². The molecule has 4 rings (SSSR count). The number of fused-ring (bicyclic) bond motifs is 1. The van der Waals surface area contributed by atoms with Gasteiger partial charge in [0.1, 0.15) is 19.7 Å². The SMILES string of the molecule is BC1(N2Cc3c(NCc4cccc(C#N)c4F)cccc3C2=O)CCC(=O)NC1=O. The standard InChI is InChI=1S/C21H18BFN4O3/c22-21(8-7-17(28)26-20(21)30)27-11-15-14(19(27)29)5-2-6-16(15)25-10-13-4-1-3-12(9-24)18(13)23/h1-6,25H,7-8,10-11,22H2,(H,26,28,30). The lowest BCUT2D eigenvalue weighted by Crippen LogP contribution is -2.63. The number of carbonyl (C=O) groups excluding carboxylic acids is 3. The summed E-state index contributed by atoms with van der Waals surface area (Å²) in [6.45, 7) is 0.342. The van der Waals surface area contributed by atoms with E-state index >= 15 is 0 Å². The summed E-state index contributed by atoms with van der Waals surface area (Å²) in [6, 6.07) is 11.6. The van der Waals surface area contributed by atoms with E-state index in [-0.39, 0.29) is 43.3 Å². The zero-order valence-electron chi connectivity index (χ0n) is 16.3. The van der Waals surface area contributed by atoms with Crippen molar-refractivity contribution in [2.45, 2.75) is 31.4 Å². The summed E-state index contributed by atoms with van der Waals surface area (Å²) in [5.41, 5.74) is 1.03. The Bertz CT molecular complexity index is 1130. The number of piperidine rings is 1. The van der Waals surface area contributed by atoms with Gasteiger partial charge in [-0.15, -0.1) is 0 Å². The van der Waals surface area contributed by atoms with Gasteiger partial charge in [-0.2, -0.15) is 5.26 Å². The van der Waals surface area contributed by atoms with Gasteiger partial charge in [0.05, 0.1) is 11.0 Å². The molecule has 7 nitrogen and oxygen atoms in total. The minimum atomic E-state index is -1.12. The first-order valence-corrected chi connectivity index (χ1v) is 9.54. The maximum atomic E-state index is 14.3. The number of amides is 3. The van der Waals surface area contributed by atoms with Crippen molar-refractivity contribution in [2.24, 2.45) is 0 Å².